The number of carbonyl (C=O) groups excluding carboxylic acids is 1. The van der Waals surface area contributed by atoms with Crippen LogP contribution in [0.25, 0.3) is 22.5 Å². The van der Waals surface area contributed by atoms with Crippen LogP contribution in [0.4, 0.5) is 10.1 Å². The molecular weight excluding hydrogens is 407 g/mol. The summed E-state index contributed by atoms with van der Waals surface area (Å²) in [6.07, 6.45) is 1.57. The van der Waals surface area contributed by atoms with Crippen molar-refractivity contribution in [3.05, 3.63) is 99.7 Å². The number of nitrogens with zero attached hydrogens (tertiary/aromatic N) is 3. The summed E-state index contributed by atoms with van der Waals surface area (Å²) in [5.74, 6) is -0.764. The van der Waals surface area contributed by atoms with E-state index in [0.29, 0.717) is 28.2 Å². The Morgan fingerprint density at radius 2 is 1.66 bits per heavy atom. The van der Waals surface area contributed by atoms with E-state index in [4.69, 9.17) is 0 Å². The van der Waals surface area contributed by atoms with Crippen molar-refractivity contribution in [1.29, 1.82) is 0 Å². The maximum atomic E-state index is 13.3. The van der Waals surface area contributed by atoms with Crippen LogP contribution in [-0.2, 0) is 4.79 Å². The van der Waals surface area contributed by atoms with Gasteiger partial charge in [0.2, 0.25) is 0 Å². The average Bonchev–Trinajstić information content (AvgIpc) is 3.24. The Morgan fingerprint density at radius 1 is 0.938 bits per heavy atom. The molecule has 158 valence electrons. The number of benzene rings is 3. The van der Waals surface area contributed by atoms with Crippen LogP contribution in [0.1, 0.15) is 18.2 Å². The van der Waals surface area contributed by atoms with E-state index < -0.39 is 5.82 Å². The van der Waals surface area contributed by atoms with Crippen LogP contribution in [0.5, 0.6) is 0 Å². The van der Waals surface area contributed by atoms with Crippen LogP contribution in [0, 0.1) is 12.7 Å². The maximum absolute atomic E-state index is 13.3. The number of H-pyrrole nitrogens is 1. The molecule has 0 bridgehead atoms. The molecule has 0 unspecified atom stereocenters. The van der Waals surface area contributed by atoms with E-state index in [1.165, 1.54) is 34.0 Å². The molecule has 0 fully saturated rings. The number of aromatic amines is 1. The summed E-state index contributed by atoms with van der Waals surface area (Å²) in [5, 5.41) is 10.6. The van der Waals surface area contributed by atoms with E-state index in [1.54, 1.807) is 19.9 Å². The van der Waals surface area contributed by atoms with Gasteiger partial charge in [0, 0.05) is 11.1 Å². The number of rotatable bonds is 3. The third kappa shape index (κ3) is 3.15. The minimum absolute atomic E-state index is 0.257. The number of amides is 1. The second-order valence-electron chi connectivity index (χ2n) is 7.63. The summed E-state index contributed by atoms with van der Waals surface area (Å²) in [5.41, 5.74) is 2.75. The standard InChI is InChI=1S/C25H19FN4O2/c1-15-21(24(31)29(27-15)19-12-10-18(26)11-13-19)14-22-16(2)28-30(25(22)32)23-9-5-7-17-6-3-4-8-20(17)23/h3-14,28H,1-2H3/b21-14-. The summed E-state index contributed by atoms with van der Waals surface area (Å²) < 4.78 is 14.7. The van der Waals surface area contributed by atoms with E-state index >= 15 is 0 Å². The van der Waals surface area contributed by atoms with Crippen LogP contribution in [0.2, 0.25) is 0 Å². The molecule has 4 aromatic rings. The Hall–Kier alpha value is -4.26. The third-order valence-corrected chi connectivity index (χ3v) is 5.55. The zero-order chi connectivity index (χ0) is 22.4. The molecule has 1 aliphatic heterocycles. The quantitative estimate of drug-likeness (QED) is 0.488. The van der Waals surface area contributed by atoms with Gasteiger partial charge in [-0.3, -0.25) is 14.7 Å². The number of nitrogens with one attached hydrogen (secondary N) is 1. The maximum Gasteiger partial charge on any atom is 0.280 e. The highest BCUT2D eigenvalue weighted by Crippen LogP contribution is 2.26. The minimum Gasteiger partial charge on any atom is -0.295 e. The molecule has 0 radical (unpaired) electrons. The van der Waals surface area contributed by atoms with Gasteiger partial charge in [-0.2, -0.15) is 10.1 Å². The number of hydrogen-bond donors (Lipinski definition) is 1. The van der Waals surface area contributed by atoms with Gasteiger partial charge in [-0.15, -0.1) is 0 Å². The largest absolute Gasteiger partial charge is 0.295 e. The highest BCUT2D eigenvalue weighted by Gasteiger charge is 2.29. The summed E-state index contributed by atoms with van der Waals surface area (Å²) in [6, 6.07) is 19.1. The lowest BCUT2D eigenvalue weighted by molar-refractivity contribution is -0.114. The van der Waals surface area contributed by atoms with Crippen molar-refractivity contribution in [3.63, 3.8) is 0 Å². The Bertz CT molecular complexity index is 1490. The predicted octanol–water partition coefficient (Wildman–Crippen LogP) is 4.57. The van der Waals surface area contributed by atoms with Gasteiger partial charge in [-0.05, 0) is 55.6 Å². The smallest absolute Gasteiger partial charge is 0.280 e. The van der Waals surface area contributed by atoms with Crippen LogP contribution in [0.3, 0.4) is 0 Å². The second-order valence-corrected chi connectivity index (χ2v) is 7.63. The van der Waals surface area contributed by atoms with Gasteiger partial charge in [0.25, 0.3) is 11.5 Å². The van der Waals surface area contributed by atoms with Crippen molar-refractivity contribution in [2.24, 2.45) is 5.10 Å². The fourth-order valence-corrected chi connectivity index (χ4v) is 3.89. The molecule has 0 saturated carbocycles. The first kappa shape index (κ1) is 19.7. The molecule has 0 atom stereocenters. The molecule has 0 spiro atoms. The first-order valence-electron chi connectivity index (χ1n) is 10.1. The first-order chi connectivity index (χ1) is 15.4. The van der Waals surface area contributed by atoms with Crippen LogP contribution in [-0.4, -0.2) is 21.4 Å². The highest BCUT2D eigenvalue weighted by atomic mass is 19.1. The van der Waals surface area contributed by atoms with Gasteiger partial charge >= 0.3 is 0 Å². The number of halogens is 1. The lowest BCUT2D eigenvalue weighted by Crippen LogP contribution is -2.22. The Kier molecular flexibility index (Phi) is 4.59. The zero-order valence-electron chi connectivity index (χ0n) is 17.5. The monoisotopic (exact) mass is 426 g/mol. The Labute approximate surface area is 182 Å². The lowest BCUT2D eigenvalue weighted by Gasteiger charge is -2.11. The fraction of sp³-hybridized carbons (Fsp3) is 0.0800. The highest BCUT2D eigenvalue weighted by molar-refractivity contribution is 6.32. The molecule has 1 aliphatic rings. The summed E-state index contributed by atoms with van der Waals surface area (Å²) in [7, 11) is 0. The van der Waals surface area contributed by atoms with Crippen molar-refractivity contribution >= 4 is 34.2 Å². The molecule has 3 aromatic carbocycles. The molecule has 1 aromatic heterocycles. The van der Waals surface area contributed by atoms with Crippen molar-refractivity contribution in [2.75, 3.05) is 5.01 Å². The van der Waals surface area contributed by atoms with Crippen molar-refractivity contribution in [2.45, 2.75) is 13.8 Å². The van der Waals surface area contributed by atoms with E-state index in [9.17, 15) is 14.0 Å². The average molecular weight is 426 g/mol. The van der Waals surface area contributed by atoms with Crippen molar-refractivity contribution in [1.82, 2.24) is 9.78 Å². The zero-order valence-corrected chi connectivity index (χ0v) is 17.5. The molecule has 1 N–H and O–H groups in total. The third-order valence-electron chi connectivity index (χ3n) is 5.55. The van der Waals surface area contributed by atoms with E-state index in [2.05, 4.69) is 10.2 Å². The van der Waals surface area contributed by atoms with E-state index in [-0.39, 0.29) is 11.5 Å². The van der Waals surface area contributed by atoms with Crippen molar-refractivity contribution < 1.29 is 9.18 Å². The molecule has 6 nitrogen and oxygen atoms in total. The topological polar surface area (TPSA) is 70.5 Å². The number of hydrazone groups is 1. The second kappa shape index (κ2) is 7.46. The Balaban J connectivity index is 1.58. The van der Waals surface area contributed by atoms with Gasteiger partial charge in [-0.25, -0.2) is 9.07 Å². The predicted molar refractivity (Wildman–Crippen MR) is 124 cm³/mol. The van der Waals surface area contributed by atoms with Crippen molar-refractivity contribution in [3.8, 4) is 5.69 Å². The van der Waals surface area contributed by atoms with Crippen LogP contribution < -0.4 is 10.6 Å². The number of fused-ring (bicyclic) bond motifs is 1. The van der Waals surface area contributed by atoms with Gasteiger partial charge in [0.1, 0.15) is 5.82 Å². The molecule has 1 amide bonds. The SMILES string of the molecule is CC1=NN(c2ccc(F)cc2)C(=O)/C1=C\c1c(C)[nH]n(-c2cccc3ccccc23)c1=O. The number of hydrogen-bond acceptors (Lipinski definition) is 3. The number of carbonyl (C=O) groups is 1. The normalized spacial score (nSPS) is 15.1. The molecule has 32 heavy (non-hydrogen) atoms. The lowest BCUT2D eigenvalue weighted by atomic mass is 10.1. The molecule has 5 rings (SSSR count). The molecule has 0 aliphatic carbocycles. The molecular formula is C25H19FN4O2. The van der Waals surface area contributed by atoms with Crippen LogP contribution >= 0.6 is 0 Å². The first-order valence-corrected chi connectivity index (χ1v) is 10.1. The van der Waals surface area contributed by atoms with Gasteiger partial charge in [-0.1, -0.05) is 36.4 Å². The van der Waals surface area contributed by atoms with Gasteiger partial charge in [0.05, 0.1) is 28.2 Å². The van der Waals surface area contributed by atoms with Crippen LogP contribution in [0.15, 0.2) is 82.2 Å². The van der Waals surface area contributed by atoms with E-state index in [1.807, 2.05) is 42.5 Å². The number of anilines is 1. The van der Waals surface area contributed by atoms with Gasteiger partial charge < -0.3 is 0 Å². The van der Waals surface area contributed by atoms with Gasteiger partial charge in [0.15, 0.2) is 0 Å². The van der Waals surface area contributed by atoms with E-state index in [0.717, 1.165) is 16.5 Å². The summed E-state index contributed by atoms with van der Waals surface area (Å²) in [6.45, 7) is 3.50. The molecule has 2 heterocycles. The molecule has 7 heteroatoms. The summed E-state index contributed by atoms with van der Waals surface area (Å²) in [4.78, 5) is 26.3. The number of aryl methyl sites for hydroxylation is 1. The fourth-order valence-electron chi connectivity index (χ4n) is 3.89. The molecule has 0 saturated heterocycles. The Morgan fingerprint density at radius 3 is 2.44 bits per heavy atom. The number of aromatic nitrogens is 2. The minimum atomic E-state index is -0.395. The summed E-state index contributed by atoms with van der Waals surface area (Å²) >= 11 is 0.